The number of aromatic hydroxyl groups is 1. The zero-order chi connectivity index (χ0) is 23.6. The maximum atomic E-state index is 12.8. The largest absolute Gasteiger partial charge is 0.507 e. The maximum Gasteiger partial charge on any atom is 0.343 e. The lowest BCUT2D eigenvalue weighted by Crippen LogP contribution is -2.18. The van der Waals surface area contributed by atoms with Crippen molar-refractivity contribution in [3.63, 3.8) is 0 Å². The van der Waals surface area contributed by atoms with Gasteiger partial charge in [0, 0.05) is 5.92 Å². The predicted octanol–water partition coefficient (Wildman–Crippen LogP) is 5.93. The van der Waals surface area contributed by atoms with Gasteiger partial charge in [-0.1, -0.05) is 63.3 Å². The number of carbonyl (C=O) groups excluding carboxylic acids is 1. The van der Waals surface area contributed by atoms with Crippen LogP contribution in [0.25, 0.3) is 11.0 Å². The molecular weight excluding hydrogens is 420 g/mol. The summed E-state index contributed by atoms with van der Waals surface area (Å²) >= 11 is 0. The van der Waals surface area contributed by atoms with Crippen LogP contribution in [-0.2, 0) is 9.53 Å². The monoisotopic (exact) mass is 452 g/mol. The second kappa shape index (κ2) is 12.1. The average molecular weight is 453 g/mol. The third-order valence-electron chi connectivity index (χ3n) is 5.82. The van der Waals surface area contributed by atoms with Crippen molar-refractivity contribution in [2.45, 2.75) is 57.8 Å². The van der Waals surface area contributed by atoms with E-state index in [9.17, 15) is 14.7 Å². The van der Waals surface area contributed by atoms with Crippen molar-refractivity contribution in [2.24, 2.45) is 0 Å². The Morgan fingerprint density at radius 1 is 1.00 bits per heavy atom. The summed E-state index contributed by atoms with van der Waals surface area (Å²) in [7, 11) is 1.29. The van der Waals surface area contributed by atoms with Crippen LogP contribution in [0.5, 0.6) is 11.5 Å². The van der Waals surface area contributed by atoms with Gasteiger partial charge in [-0.2, -0.15) is 0 Å². The van der Waals surface area contributed by atoms with Gasteiger partial charge in [0.05, 0.1) is 31.1 Å². The molecule has 3 rings (SSSR count). The molecular formula is C27H32O6. The standard InChI is InChI=1S/C27H32O6/c1-3-4-5-6-7-10-17-32-20-15-13-19(14-16-20)22(18-24(28)31-2)25-26(29)21-11-8-9-12-23(21)33-27(25)30/h8-9,11-16,22,29H,3-7,10,17-18H2,1-2H3/t22-/m1/s1. The van der Waals surface area contributed by atoms with Gasteiger partial charge in [-0.05, 0) is 36.2 Å². The summed E-state index contributed by atoms with van der Waals surface area (Å²) in [6.07, 6.45) is 7.05. The number of rotatable bonds is 12. The first kappa shape index (κ1) is 24.4. The minimum Gasteiger partial charge on any atom is -0.507 e. The van der Waals surface area contributed by atoms with Crippen molar-refractivity contribution in [3.8, 4) is 11.5 Å². The lowest BCUT2D eigenvalue weighted by molar-refractivity contribution is -0.140. The van der Waals surface area contributed by atoms with E-state index in [1.807, 2.05) is 12.1 Å². The van der Waals surface area contributed by atoms with E-state index >= 15 is 0 Å². The van der Waals surface area contributed by atoms with Gasteiger partial charge in [-0.25, -0.2) is 4.79 Å². The molecule has 0 unspecified atom stereocenters. The van der Waals surface area contributed by atoms with Gasteiger partial charge in [-0.3, -0.25) is 4.79 Å². The molecule has 0 radical (unpaired) electrons. The third kappa shape index (κ3) is 6.37. The van der Waals surface area contributed by atoms with Crippen molar-refractivity contribution >= 4 is 16.9 Å². The number of carbonyl (C=O) groups is 1. The molecule has 6 nitrogen and oxygen atoms in total. The molecule has 33 heavy (non-hydrogen) atoms. The number of ether oxygens (including phenoxy) is 2. The smallest absolute Gasteiger partial charge is 0.343 e. The summed E-state index contributed by atoms with van der Waals surface area (Å²) in [4.78, 5) is 24.9. The van der Waals surface area contributed by atoms with Crippen LogP contribution in [0.15, 0.2) is 57.7 Å². The molecule has 176 valence electrons. The van der Waals surface area contributed by atoms with Crippen LogP contribution in [0.2, 0.25) is 0 Å². The van der Waals surface area contributed by atoms with Crippen LogP contribution in [-0.4, -0.2) is 24.8 Å². The molecule has 1 atom stereocenters. The lowest BCUT2D eigenvalue weighted by atomic mass is 9.88. The van der Waals surface area contributed by atoms with Gasteiger partial charge >= 0.3 is 11.6 Å². The number of esters is 1. The average Bonchev–Trinajstić information content (AvgIpc) is 2.83. The molecule has 0 aliphatic carbocycles. The van der Waals surface area contributed by atoms with E-state index in [0.29, 0.717) is 23.1 Å². The number of fused-ring (bicyclic) bond motifs is 1. The summed E-state index contributed by atoms with van der Waals surface area (Å²) in [5.74, 6) is -0.667. The molecule has 0 saturated carbocycles. The number of hydrogen-bond donors (Lipinski definition) is 1. The highest BCUT2D eigenvalue weighted by atomic mass is 16.5. The van der Waals surface area contributed by atoms with Gasteiger partial charge in [0.2, 0.25) is 0 Å². The molecule has 0 bridgehead atoms. The van der Waals surface area contributed by atoms with Crippen molar-refractivity contribution in [1.29, 1.82) is 0 Å². The second-order valence-electron chi connectivity index (χ2n) is 8.17. The first-order valence-corrected chi connectivity index (χ1v) is 11.6. The van der Waals surface area contributed by atoms with E-state index < -0.39 is 17.5 Å². The minimum absolute atomic E-state index is 0.0415. The van der Waals surface area contributed by atoms with Crippen LogP contribution in [0.1, 0.15) is 68.9 Å². The quantitative estimate of drug-likeness (QED) is 0.208. The van der Waals surface area contributed by atoms with E-state index in [1.54, 1.807) is 36.4 Å². The van der Waals surface area contributed by atoms with Crippen molar-refractivity contribution in [1.82, 2.24) is 0 Å². The molecule has 3 aromatic rings. The first-order valence-electron chi connectivity index (χ1n) is 11.6. The van der Waals surface area contributed by atoms with E-state index in [2.05, 4.69) is 6.92 Å². The Balaban J connectivity index is 1.79. The van der Waals surface area contributed by atoms with Gasteiger partial charge < -0.3 is 19.0 Å². The second-order valence-corrected chi connectivity index (χ2v) is 8.17. The van der Waals surface area contributed by atoms with Gasteiger partial charge in [-0.15, -0.1) is 0 Å². The zero-order valence-corrected chi connectivity index (χ0v) is 19.3. The number of hydrogen-bond acceptors (Lipinski definition) is 6. The van der Waals surface area contributed by atoms with Crippen molar-refractivity contribution in [3.05, 3.63) is 70.1 Å². The van der Waals surface area contributed by atoms with Crippen LogP contribution in [0.4, 0.5) is 0 Å². The SMILES string of the molecule is CCCCCCCCOc1ccc([C@@H](CC(=O)OC)c2c(O)c3ccccc3oc2=O)cc1. The molecule has 0 spiro atoms. The van der Waals surface area contributed by atoms with Crippen LogP contribution >= 0.6 is 0 Å². The third-order valence-corrected chi connectivity index (χ3v) is 5.82. The Kier molecular flexibility index (Phi) is 8.93. The Morgan fingerprint density at radius 3 is 2.42 bits per heavy atom. The Hall–Kier alpha value is -3.28. The Bertz CT molecular complexity index is 1100. The van der Waals surface area contributed by atoms with Gasteiger partial charge in [0.15, 0.2) is 0 Å². The van der Waals surface area contributed by atoms with E-state index in [1.165, 1.54) is 32.8 Å². The number of benzene rings is 2. The summed E-state index contributed by atoms with van der Waals surface area (Å²) < 4.78 is 16.1. The first-order chi connectivity index (χ1) is 16.0. The molecule has 0 aliphatic heterocycles. The maximum absolute atomic E-state index is 12.8. The summed E-state index contributed by atoms with van der Waals surface area (Å²) in [6.45, 7) is 2.85. The fourth-order valence-corrected chi connectivity index (χ4v) is 3.96. The molecule has 0 aliphatic rings. The van der Waals surface area contributed by atoms with E-state index in [4.69, 9.17) is 13.9 Å². The van der Waals surface area contributed by atoms with Gasteiger partial charge in [0.1, 0.15) is 17.1 Å². The van der Waals surface area contributed by atoms with Crippen molar-refractivity contribution < 1.29 is 23.8 Å². The van der Waals surface area contributed by atoms with Crippen LogP contribution in [0.3, 0.4) is 0 Å². The summed E-state index contributed by atoms with van der Waals surface area (Å²) in [6, 6.07) is 14.0. The molecule has 0 amide bonds. The normalized spacial score (nSPS) is 11.9. The zero-order valence-electron chi connectivity index (χ0n) is 19.3. The number of para-hydroxylation sites is 1. The van der Waals surface area contributed by atoms with Crippen LogP contribution in [0, 0.1) is 0 Å². The Morgan fingerprint density at radius 2 is 1.70 bits per heavy atom. The molecule has 1 heterocycles. The number of unbranched alkanes of at least 4 members (excludes halogenated alkanes) is 5. The fourth-order valence-electron chi connectivity index (χ4n) is 3.96. The highest BCUT2D eigenvalue weighted by Gasteiger charge is 2.27. The highest BCUT2D eigenvalue weighted by Crippen LogP contribution is 2.36. The molecule has 0 fully saturated rings. The van der Waals surface area contributed by atoms with E-state index in [0.717, 1.165) is 18.6 Å². The highest BCUT2D eigenvalue weighted by molar-refractivity contribution is 5.84. The molecule has 2 aromatic carbocycles. The number of methoxy groups -OCH3 is 1. The molecule has 6 heteroatoms. The minimum atomic E-state index is -0.717. The predicted molar refractivity (Wildman–Crippen MR) is 128 cm³/mol. The fraction of sp³-hybridized carbons (Fsp3) is 0.407. The molecule has 1 aromatic heterocycles. The van der Waals surface area contributed by atoms with E-state index in [-0.39, 0.29) is 17.7 Å². The van der Waals surface area contributed by atoms with Crippen molar-refractivity contribution in [2.75, 3.05) is 13.7 Å². The molecule has 1 N–H and O–H groups in total. The van der Waals surface area contributed by atoms with Crippen LogP contribution < -0.4 is 10.4 Å². The Labute approximate surface area is 194 Å². The van der Waals surface area contributed by atoms with Gasteiger partial charge in [0.25, 0.3) is 0 Å². The topological polar surface area (TPSA) is 86.0 Å². The lowest BCUT2D eigenvalue weighted by Gasteiger charge is -2.18. The summed E-state index contributed by atoms with van der Waals surface area (Å²) in [5, 5.41) is 11.3. The summed E-state index contributed by atoms with van der Waals surface area (Å²) in [5.41, 5.74) is 0.340. The molecule has 0 saturated heterocycles.